The number of carbonyl (C=O) groups is 1. The zero-order valence-electron chi connectivity index (χ0n) is 14.6. The maximum Gasteiger partial charge on any atom is 0.410 e. The van der Waals surface area contributed by atoms with Crippen LogP contribution in [-0.4, -0.2) is 46.0 Å². The zero-order valence-corrected chi connectivity index (χ0v) is 14.6. The second-order valence-corrected chi connectivity index (χ2v) is 6.79. The van der Waals surface area contributed by atoms with Gasteiger partial charge < -0.3 is 10.1 Å². The van der Waals surface area contributed by atoms with Gasteiger partial charge in [-0.15, -0.1) is 0 Å². The fourth-order valence-electron chi connectivity index (χ4n) is 3.00. The van der Waals surface area contributed by atoms with Crippen LogP contribution >= 0.6 is 0 Å². The van der Waals surface area contributed by atoms with Crippen molar-refractivity contribution in [2.45, 2.75) is 59.7 Å². The third kappa shape index (κ3) is 3.43. The molecule has 0 aromatic carbocycles. The fraction of sp³-hybridized carbons (Fsp3) is 0.750. The molecule has 1 aromatic heterocycles. The van der Waals surface area contributed by atoms with E-state index in [1.807, 2.05) is 37.3 Å². The molecule has 2 rings (SSSR count). The highest BCUT2D eigenvalue weighted by molar-refractivity contribution is 5.69. The van der Waals surface area contributed by atoms with Crippen molar-refractivity contribution in [2.75, 3.05) is 19.6 Å². The Morgan fingerprint density at radius 3 is 2.64 bits per heavy atom. The van der Waals surface area contributed by atoms with Crippen LogP contribution in [0.1, 0.15) is 50.7 Å². The van der Waals surface area contributed by atoms with Gasteiger partial charge in [0.1, 0.15) is 5.60 Å². The first-order valence-corrected chi connectivity index (χ1v) is 7.98. The van der Waals surface area contributed by atoms with E-state index in [2.05, 4.69) is 24.3 Å². The summed E-state index contributed by atoms with van der Waals surface area (Å²) < 4.78 is 7.57. The minimum Gasteiger partial charge on any atom is -0.444 e. The Labute approximate surface area is 132 Å². The van der Waals surface area contributed by atoms with Gasteiger partial charge in [-0.3, -0.25) is 9.58 Å². The van der Waals surface area contributed by atoms with E-state index >= 15 is 0 Å². The van der Waals surface area contributed by atoms with E-state index in [4.69, 9.17) is 4.74 Å². The van der Waals surface area contributed by atoms with Crippen molar-refractivity contribution >= 4 is 6.09 Å². The van der Waals surface area contributed by atoms with Crippen molar-refractivity contribution in [2.24, 2.45) is 0 Å². The van der Waals surface area contributed by atoms with E-state index < -0.39 is 5.60 Å². The Bertz CT molecular complexity index is 545. The molecule has 0 aliphatic carbocycles. The molecule has 124 valence electrons. The Morgan fingerprint density at radius 1 is 1.41 bits per heavy atom. The molecule has 22 heavy (non-hydrogen) atoms. The number of nitrogens with one attached hydrogen (secondary N) is 1. The van der Waals surface area contributed by atoms with Crippen LogP contribution < -0.4 is 5.32 Å². The number of hydrogen-bond donors (Lipinski definition) is 1. The molecule has 1 saturated heterocycles. The first-order valence-electron chi connectivity index (χ1n) is 7.98. The summed E-state index contributed by atoms with van der Waals surface area (Å²) in [5.74, 6) is 0. The fourth-order valence-corrected chi connectivity index (χ4v) is 3.00. The molecular formula is C16H28N4O2. The smallest absolute Gasteiger partial charge is 0.410 e. The highest BCUT2D eigenvalue weighted by Crippen LogP contribution is 2.29. The quantitative estimate of drug-likeness (QED) is 0.911. The maximum absolute atomic E-state index is 12.5. The highest BCUT2D eigenvalue weighted by atomic mass is 16.6. The molecule has 0 saturated carbocycles. The van der Waals surface area contributed by atoms with Gasteiger partial charge in [-0.25, -0.2) is 4.79 Å². The lowest BCUT2D eigenvalue weighted by Crippen LogP contribution is -2.50. The number of aryl methyl sites for hydroxylation is 2. The van der Waals surface area contributed by atoms with Crippen molar-refractivity contribution in [3.63, 3.8) is 0 Å². The van der Waals surface area contributed by atoms with Crippen molar-refractivity contribution in [1.82, 2.24) is 20.0 Å². The average Bonchev–Trinajstić information content (AvgIpc) is 2.71. The van der Waals surface area contributed by atoms with Gasteiger partial charge in [0.2, 0.25) is 0 Å². The molecule has 1 aromatic rings. The topological polar surface area (TPSA) is 59.4 Å². The molecule has 1 N–H and O–H groups in total. The normalized spacial score (nSPS) is 19.4. The van der Waals surface area contributed by atoms with Gasteiger partial charge in [0, 0.05) is 37.4 Å². The SMILES string of the molecule is CCn1nc(C)c(C2CNCCN2C(=O)OC(C)(C)C)c1C. The second kappa shape index (κ2) is 6.28. The van der Waals surface area contributed by atoms with E-state index in [1.165, 1.54) is 0 Å². The molecule has 6 nitrogen and oxygen atoms in total. The van der Waals surface area contributed by atoms with E-state index in [0.717, 1.165) is 36.6 Å². The molecule has 0 spiro atoms. The van der Waals surface area contributed by atoms with Crippen molar-refractivity contribution < 1.29 is 9.53 Å². The van der Waals surface area contributed by atoms with Crippen LogP contribution in [-0.2, 0) is 11.3 Å². The van der Waals surface area contributed by atoms with Crippen LogP contribution in [0.15, 0.2) is 0 Å². The number of nitrogens with zero attached hydrogens (tertiary/aromatic N) is 3. The summed E-state index contributed by atoms with van der Waals surface area (Å²) in [6, 6.07) is -0.0242. The minimum absolute atomic E-state index is 0.0242. The molecule has 1 atom stereocenters. The number of amides is 1. The monoisotopic (exact) mass is 308 g/mol. The van der Waals surface area contributed by atoms with Crippen LogP contribution in [0.4, 0.5) is 4.79 Å². The molecule has 1 aliphatic heterocycles. The summed E-state index contributed by atoms with van der Waals surface area (Å²) in [5, 5.41) is 7.96. The van der Waals surface area contributed by atoms with Crippen LogP contribution in [0.2, 0.25) is 0 Å². The summed E-state index contributed by atoms with van der Waals surface area (Å²) in [7, 11) is 0. The number of rotatable bonds is 2. The van der Waals surface area contributed by atoms with E-state index in [1.54, 1.807) is 0 Å². The van der Waals surface area contributed by atoms with E-state index in [0.29, 0.717) is 6.54 Å². The first kappa shape index (κ1) is 16.8. The molecule has 1 aliphatic rings. The van der Waals surface area contributed by atoms with Crippen molar-refractivity contribution in [3.8, 4) is 0 Å². The Morgan fingerprint density at radius 2 is 2.09 bits per heavy atom. The molecule has 2 heterocycles. The number of ether oxygens (including phenoxy) is 1. The Hall–Kier alpha value is -1.56. The van der Waals surface area contributed by atoms with Crippen LogP contribution in [0.5, 0.6) is 0 Å². The number of hydrogen-bond acceptors (Lipinski definition) is 4. The highest BCUT2D eigenvalue weighted by Gasteiger charge is 2.34. The molecule has 0 radical (unpaired) electrons. The van der Waals surface area contributed by atoms with Crippen molar-refractivity contribution in [3.05, 3.63) is 17.0 Å². The Balaban J connectivity index is 2.31. The summed E-state index contributed by atoms with van der Waals surface area (Å²) in [6.07, 6.45) is -0.248. The lowest BCUT2D eigenvalue weighted by Gasteiger charge is -2.37. The average molecular weight is 308 g/mol. The van der Waals surface area contributed by atoms with Crippen LogP contribution in [0.25, 0.3) is 0 Å². The van der Waals surface area contributed by atoms with Crippen molar-refractivity contribution in [1.29, 1.82) is 0 Å². The van der Waals surface area contributed by atoms with Gasteiger partial charge in [-0.2, -0.15) is 5.10 Å². The number of carbonyl (C=O) groups excluding carboxylic acids is 1. The van der Waals surface area contributed by atoms with Gasteiger partial charge in [0.15, 0.2) is 0 Å². The Kier molecular flexibility index (Phi) is 4.80. The maximum atomic E-state index is 12.5. The standard InChI is InChI=1S/C16H28N4O2/c1-7-20-12(3)14(11(2)18-20)13-10-17-8-9-19(13)15(21)22-16(4,5)6/h13,17H,7-10H2,1-6H3. The van der Waals surface area contributed by atoms with E-state index in [9.17, 15) is 4.79 Å². The predicted molar refractivity (Wildman–Crippen MR) is 85.9 cm³/mol. The van der Waals surface area contributed by atoms with Crippen LogP contribution in [0, 0.1) is 13.8 Å². The van der Waals surface area contributed by atoms with Gasteiger partial charge >= 0.3 is 6.09 Å². The van der Waals surface area contributed by atoms with E-state index in [-0.39, 0.29) is 12.1 Å². The predicted octanol–water partition coefficient (Wildman–Crippen LogP) is 2.40. The van der Waals surface area contributed by atoms with Gasteiger partial charge in [0.05, 0.1) is 11.7 Å². The molecule has 6 heteroatoms. The number of aromatic nitrogens is 2. The van der Waals surface area contributed by atoms with Crippen LogP contribution in [0.3, 0.4) is 0 Å². The molecule has 0 bridgehead atoms. The summed E-state index contributed by atoms with van der Waals surface area (Å²) in [4.78, 5) is 14.4. The zero-order chi connectivity index (χ0) is 16.5. The van der Waals surface area contributed by atoms with Gasteiger partial charge in [-0.05, 0) is 41.5 Å². The first-order chi connectivity index (χ1) is 10.2. The molecular weight excluding hydrogens is 280 g/mol. The minimum atomic E-state index is -0.482. The van der Waals surface area contributed by atoms with Gasteiger partial charge in [-0.1, -0.05) is 0 Å². The lowest BCUT2D eigenvalue weighted by atomic mass is 10.0. The summed E-state index contributed by atoms with van der Waals surface area (Å²) >= 11 is 0. The van der Waals surface area contributed by atoms with Gasteiger partial charge in [0.25, 0.3) is 0 Å². The molecule has 1 fully saturated rings. The molecule has 1 amide bonds. The second-order valence-electron chi connectivity index (χ2n) is 6.79. The largest absolute Gasteiger partial charge is 0.444 e. The third-order valence-corrected chi connectivity index (χ3v) is 3.94. The summed E-state index contributed by atoms with van der Waals surface area (Å²) in [6.45, 7) is 14.8. The summed E-state index contributed by atoms with van der Waals surface area (Å²) in [5.41, 5.74) is 2.77. The number of piperazine rings is 1. The molecule has 1 unspecified atom stereocenters. The third-order valence-electron chi connectivity index (χ3n) is 3.94. The lowest BCUT2D eigenvalue weighted by molar-refractivity contribution is 0.0117.